The van der Waals surface area contributed by atoms with Gasteiger partial charge >= 0.3 is 6.03 Å². The summed E-state index contributed by atoms with van der Waals surface area (Å²) in [4.78, 5) is 17.4. The molecular formula is C15H19N3O3. The van der Waals surface area contributed by atoms with E-state index in [1.807, 2.05) is 31.2 Å². The summed E-state index contributed by atoms with van der Waals surface area (Å²) >= 11 is 0. The van der Waals surface area contributed by atoms with Crippen LogP contribution in [0.1, 0.15) is 11.3 Å². The number of amides is 2. The third kappa shape index (κ3) is 4.06. The first-order chi connectivity index (χ1) is 10.1. The van der Waals surface area contributed by atoms with Gasteiger partial charge in [0, 0.05) is 19.2 Å². The molecule has 0 aliphatic carbocycles. The van der Waals surface area contributed by atoms with Gasteiger partial charge in [-0.05, 0) is 19.1 Å². The minimum atomic E-state index is -0.260. The van der Waals surface area contributed by atoms with E-state index in [0.29, 0.717) is 18.1 Å². The Morgan fingerprint density at radius 2 is 2.10 bits per heavy atom. The highest BCUT2D eigenvalue weighted by Gasteiger charge is 2.10. The van der Waals surface area contributed by atoms with Gasteiger partial charge in [-0.1, -0.05) is 17.7 Å². The molecule has 1 aromatic carbocycles. The molecule has 0 radical (unpaired) electrons. The molecule has 2 rings (SSSR count). The number of aliphatic hydroxyl groups is 1. The SMILES string of the molecule is Cc1ccc(-c2nc(CNC(=O)N(C)CCO)co2)cc1. The first-order valence-electron chi connectivity index (χ1n) is 6.71. The minimum Gasteiger partial charge on any atom is -0.444 e. The third-order valence-electron chi connectivity index (χ3n) is 3.05. The molecule has 0 aliphatic heterocycles. The predicted molar refractivity (Wildman–Crippen MR) is 78.6 cm³/mol. The number of nitrogens with one attached hydrogen (secondary N) is 1. The number of rotatable bonds is 5. The van der Waals surface area contributed by atoms with Crippen molar-refractivity contribution in [3.63, 3.8) is 0 Å². The average Bonchev–Trinajstić information content (AvgIpc) is 2.94. The molecular weight excluding hydrogens is 270 g/mol. The summed E-state index contributed by atoms with van der Waals surface area (Å²) in [5, 5.41) is 11.5. The second kappa shape index (κ2) is 6.90. The molecule has 21 heavy (non-hydrogen) atoms. The lowest BCUT2D eigenvalue weighted by molar-refractivity contribution is 0.190. The van der Waals surface area contributed by atoms with Crippen molar-refractivity contribution >= 4 is 6.03 Å². The highest BCUT2D eigenvalue weighted by Crippen LogP contribution is 2.18. The fraction of sp³-hybridized carbons (Fsp3) is 0.333. The van der Waals surface area contributed by atoms with Crippen LogP contribution in [0.3, 0.4) is 0 Å². The number of aliphatic hydroxyl groups excluding tert-OH is 1. The monoisotopic (exact) mass is 289 g/mol. The van der Waals surface area contributed by atoms with Gasteiger partial charge in [0.05, 0.1) is 18.8 Å². The van der Waals surface area contributed by atoms with Crippen LogP contribution < -0.4 is 5.32 Å². The number of hydrogen-bond donors (Lipinski definition) is 2. The van der Waals surface area contributed by atoms with Crippen molar-refractivity contribution in [3.05, 3.63) is 41.8 Å². The number of carbonyl (C=O) groups excluding carboxylic acids is 1. The van der Waals surface area contributed by atoms with E-state index >= 15 is 0 Å². The van der Waals surface area contributed by atoms with Crippen LogP contribution in [0.4, 0.5) is 4.79 Å². The molecule has 1 heterocycles. The molecule has 0 aliphatic rings. The first kappa shape index (κ1) is 15.1. The zero-order valence-electron chi connectivity index (χ0n) is 12.2. The average molecular weight is 289 g/mol. The molecule has 0 atom stereocenters. The van der Waals surface area contributed by atoms with E-state index in [1.54, 1.807) is 7.05 Å². The number of hydrogen-bond acceptors (Lipinski definition) is 4. The number of aromatic nitrogens is 1. The van der Waals surface area contributed by atoms with E-state index < -0.39 is 0 Å². The Morgan fingerprint density at radius 1 is 1.38 bits per heavy atom. The van der Waals surface area contributed by atoms with Crippen molar-refractivity contribution in [1.29, 1.82) is 0 Å². The predicted octanol–water partition coefficient (Wildman–Crippen LogP) is 1.78. The summed E-state index contributed by atoms with van der Waals surface area (Å²) in [6.45, 7) is 2.53. The lowest BCUT2D eigenvalue weighted by Crippen LogP contribution is -2.38. The molecule has 2 N–H and O–H groups in total. The van der Waals surface area contributed by atoms with E-state index in [-0.39, 0.29) is 19.2 Å². The highest BCUT2D eigenvalue weighted by molar-refractivity contribution is 5.73. The van der Waals surface area contributed by atoms with Crippen molar-refractivity contribution in [2.45, 2.75) is 13.5 Å². The molecule has 2 aromatic rings. The molecule has 1 aromatic heterocycles. The topological polar surface area (TPSA) is 78.6 Å². The summed E-state index contributed by atoms with van der Waals surface area (Å²) in [5.74, 6) is 0.531. The Labute approximate surface area is 123 Å². The maximum atomic E-state index is 11.7. The molecule has 6 heteroatoms. The summed E-state index contributed by atoms with van der Waals surface area (Å²) in [5.41, 5.74) is 2.72. The van der Waals surface area contributed by atoms with Crippen molar-refractivity contribution in [2.75, 3.05) is 20.2 Å². The Hall–Kier alpha value is -2.34. The summed E-state index contributed by atoms with van der Waals surface area (Å²) < 4.78 is 5.41. The normalized spacial score (nSPS) is 10.4. The van der Waals surface area contributed by atoms with Crippen molar-refractivity contribution in [2.24, 2.45) is 0 Å². The van der Waals surface area contributed by atoms with Crippen LogP contribution in [0.15, 0.2) is 34.9 Å². The number of likely N-dealkylation sites (N-methyl/N-ethyl adjacent to an activating group) is 1. The summed E-state index contributed by atoms with van der Waals surface area (Å²) in [7, 11) is 1.62. The molecule has 112 valence electrons. The van der Waals surface area contributed by atoms with Crippen LogP contribution in [0.5, 0.6) is 0 Å². The van der Waals surface area contributed by atoms with Crippen molar-refractivity contribution < 1.29 is 14.3 Å². The Balaban J connectivity index is 1.94. The van der Waals surface area contributed by atoms with E-state index in [1.165, 1.54) is 16.7 Å². The molecule has 2 amide bonds. The van der Waals surface area contributed by atoms with Gasteiger partial charge in [-0.25, -0.2) is 9.78 Å². The quantitative estimate of drug-likeness (QED) is 0.879. The Kier molecular flexibility index (Phi) is 4.94. The van der Waals surface area contributed by atoms with Gasteiger partial charge in [0.1, 0.15) is 6.26 Å². The lowest BCUT2D eigenvalue weighted by atomic mass is 10.1. The zero-order chi connectivity index (χ0) is 15.2. The second-order valence-corrected chi connectivity index (χ2v) is 4.81. The van der Waals surface area contributed by atoms with Gasteiger partial charge in [0.25, 0.3) is 0 Å². The molecule has 0 saturated heterocycles. The van der Waals surface area contributed by atoms with Crippen LogP contribution in [-0.2, 0) is 6.54 Å². The number of benzene rings is 1. The van der Waals surface area contributed by atoms with Gasteiger partial charge in [-0.2, -0.15) is 0 Å². The Bertz CT molecular complexity index is 592. The number of carbonyl (C=O) groups is 1. The third-order valence-corrected chi connectivity index (χ3v) is 3.05. The molecule has 6 nitrogen and oxygen atoms in total. The Morgan fingerprint density at radius 3 is 2.76 bits per heavy atom. The largest absolute Gasteiger partial charge is 0.444 e. The van der Waals surface area contributed by atoms with Gasteiger partial charge in [-0.3, -0.25) is 0 Å². The van der Waals surface area contributed by atoms with Crippen LogP contribution >= 0.6 is 0 Å². The van der Waals surface area contributed by atoms with Crippen LogP contribution in [-0.4, -0.2) is 41.2 Å². The van der Waals surface area contributed by atoms with Crippen molar-refractivity contribution in [1.82, 2.24) is 15.2 Å². The van der Waals surface area contributed by atoms with Gasteiger partial charge in [0.15, 0.2) is 0 Å². The molecule has 0 unspecified atom stereocenters. The standard InChI is InChI=1S/C15H19N3O3/c1-11-3-5-12(6-4-11)14-17-13(10-21-14)9-16-15(20)18(2)7-8-19/h3-6,10,19H,7-9H2,1-2H3,(H,16,20). The van der Waals surface area contributed by atoms with Crippen LogP contribution in [0.25, 0.3) is 11.5 Å². The minimum absolute atomic E-state index is 0.0640. The number of urea groups is 1. The first-order valence-corrected chi connectivity index (χ1v) is 6.71. The van der Waals surface area contributed by atoms with Gasteiger partial charge in [0.2, 0.25) is 5.89 Å². The van der Waals surface area contributed by atoms with Gasteiger partial charge in [-0.15, -0.1) is 0 Å². The highest BCUT2D eigenvalue weighted by atomic mass is 16.3. The smallest absolute Gasteiger partial charge is 0.317 e. The van der Waals surface area contributed by atoms with Crippen LogP contribution in [0.2, 0.25) is 0 Å². The summed E-state index contributed by atoms with van der Waals surface area (Å²) in [6.07, 6.45) is 1.53. The lowest BCUT2D eigenvalue weighted by Gasteiger charge is -2.15. The zero-order valence-corrected chi connectivity index (χ0v) is 12.2. The maximum absolute atomic E-state index is 11.7. The fourth-order valence-corrected chi connectivity index (χ4v) is 1.77. The van der Waals surface area contributed by atoms with E-state index in [0.717, 1.165) is 5.56 Å². The fourth-order valence-electron chi connectivity index (χ4n) is 1.77. The maximum Gasteiger partial charge on any atom is 0.317 e. The van der Waals surface area contributed by atoms with Crippen LogP contribution in [0, 0.1) is 6.92 Å². The molecule has 0 spiro atoms. The van der Waals surface area contributed by atoms with E-state index in [2.05, 4.69) is 10.3 Å². The van der Waals surface area contributed by atoms with Gasteiger partial charge < -0.3 is 19.7 Å². The second-order valence-electron chi connectivity index (χ2n) is 4.81. The van der Waals surface area contributed by atoms with Crippen molar-refractivity contribution in [3.8, 4) is 11.5 Å². The number of nitrogens with zero attached hydrogens (tertiary/aromatic N) is 2. The van der Waals surface area contributed by atoms with E-state index in [4.69, 9.17) is 9.52 Å². The van der Waals surface area contributed by atoms with E-state index in [9.17, 15) is 4.79 Å². The molecule has 0 saturated carbocycles. The molecule has 0 fully saturated rings. The molecule has 0 bridgehead atoms. The number of oxazole rings is 1. The number of aryl methyl sites for hydroxylation is 1. The summed E-state index contributed by atoms with van der Waals surface area (Å²) in [6, 6.07) is 7.61.